The van der Waals surface area contributed by atoms with Crippen molar-refractivity contribution in [2.45, 2.75) is 19.5 Å². The van der Waals surface area contributed by atoms with Gasteiger partial charge in [-0.15, -0.1) is 0 Å². The molecule has 0 spiro atoms. The fourth-order valence-corrected chi connectivity index (χ4v) is 2.86. The summed E-state index contributed by atoms with van der Waals surface area (Å²) < 4.78 is 13.8. The Morgan fingerprint density at radius 2 is 2.16 bits per heavy atom. The normalized spacial score (nSPS) is 23.8. The quantitative estimate of drug-likeness (QED) is 0.834. The molecule has 0 aliphatic carbocycles. The van der Waals surface area contributed by atoms with Crippen molar-refractivity contribution in [1.29, 1.82) is 5.26 Å². The second-order valence-corrected chi connectivity index (χ2v) is 5.62. The second-order valence-electron chi connectivity index (χ2n) is 5.62. The zero-order valence-electron chi connectivity index (χ0n) is 11.7. The Kier molecular flexibility index (Phi) is 4.18. The molecule has 1 aliphatic rings. The molecule has 3 nitrogen and oxygen atoms in total. The highest BCUT2D eigenvalue weighted by molar-refractivity contribution is 5.33. The highest BCUT2D eigenvalue weighted by atomic mass is 19.1. The maximum atomic E-state index is 13.8. The van der Waals surface area contributed by atoms with Gasteiger partial charge in [0.25, 0.3) is 0 Å². The van der Waals surface area contributed by atoms with E-state index >= 15 is 0 Å². The molecule has 1 aliphatic heterocycles. The first-order valence-corrected chi connectivity index (χ1v) is 6.58. The maximum Gasteiger partial charge on any atom is 0.127 e. The standard InChI is InChI=1S/C15H20FN3/c1-11-8-19(10-15(11)18(2)3)9-13-6-12(7-17)4-5-14(13)16/h4-6,11,15H,8-10H2,1-3H3. The van der Waals surface area contributed by atoms with Gasteiger partial charge in [-0.3, -0.25) is 4.90 Å². The minimum atomic E-state index is -0.222. The molecule has 2 unspecified atom stereocenters. The third-order valence-electron chi connectivity index (χ3n) is 3.88. The van der Waals surface area contributed by atoms with Crippen molar-refractivity contribution in [2.24, 2.45) is 5.92 Å². The van der Waals surface area contributed by atoms with Gasteiger partial charge < -0.3 is 4.90 Å². The predicted octanol–water partition coefficient (Wildman–Crippen LogP) is 2.08. The van der Waals surface area contributed by atoms with E-state index in [0.29, 0.717) is 29.6 Å². The minimum absolute atomic E-state index is 0.222. The lowest BCUT2D eigenvalue weighted by Gasteiger charge is -2.22. The Balaban J connectivity index is 2.09. The van der Waals surface area contributed by atoms with Crippen molar-refractivity contribution in [1.82, 2.24) is 9.80 Å². The summed E-state index contributed by atoms with van der Waals surface area (Å²) in [5.74, 6) is 0.358. The molecule has 4 heteroatoms. The molecule has 0 radical (unpaired) electrons. The van der Waals surface area contributed by atoms with Gasteiger partial charge in [0.05, 0.1) is 11.6 Å². The van der Waals surface area contributed by atoms with E-state index in [-0.39, 0.29) is 5.82 Å². The van der Waals surface area contributed by atoms with Crippen LogP contribution in [0.2, 0.25) is 0 Å². The first-order valence-electron chi connectivity index (χ1n) is 6.58. The van der Waals surface area contributed by atoms with E-state index in [2.05, 4.69) is 36.9 Å². The number of nitriles is 1. The topological polar surface area (TPSA) is 30.3 Å². The predicted molar refractivity (Wildman–Crippen MR) is 73.0 cm³/mol. The molecular formula is C15H20FN3. The Labute approximate surface area is 114 Å². The molecule has 0 bridgehead atoms. The van der Waals surface area contributed by atoms with E-state index in [1.807, 2.05) is 0 Å². The molecule has 19 heavy (non-hydrogen) atoms. The van der Waals surface area contributed by atoms with Gasteiger partial charge in [0.15, 0.2) is 0 Å². The first-order chi connectivity index (χ1) is 9.01. The van der Waals surface area contributed by atoms with Crippen molar-refractivity contribution in [3.63, 3.8) is 0 Å². The summed E-state index contributed by atoms with van der Waals surface area (Å²) in [4.78, 5) is 4.49. The number of nitrogens with zero attached hydrogens (tertiary/aromatic N) is 3. The summed E-state index contributed by atoms with van der Waals surface area (Å²) in [5.41, 5.74) is 1.14. The van der Waals surface area contributed by atoms with Crippen LogP contribution in [0.3, 0.4) is 0 Å². The van der Waals surface area contributed by atoms with Crippen LogP contribution in [0.1, 0.15) is 18.1 Å². The molecule has 1 aromatic carbocycles. The fourth-order valence-electron chi connectivity index (χ4n) is 2.86. The number of halogens is 1. The van der Waals surface area contributed by atoms with Crippen LogP contribution in [-0.4, -0.2) is 43.0 Å². The smallest absolute Gasteiger partial charge is 0.127 e. The number of rotatable bonds is 3. The van der Waals surface area contributed by atoms with Crippen molar-refractivity contribution in [2.75, 3.05) is 27.2 Å². The Morgan fingerprint density at radius 3 is 2.74 bits per heavy atom. The summed E-state index contributed by atoms with van der Waals surface area (Å²) in [5, 5.41) is 8.88. The zero-order chi connectivity index (χ0) is 14.0. The summed E-state index contributed by atoms with van der Waals surface area (Å²) in [6.07, 6.45) is 0. The van der Waals surface area contributed by atoms with Gasteiger partial charge in [0, 0.05) is 31.2 Å². The number of likely N-dealkylation sites (tertiary alicyclic amines) is 1. The van der Waals surface area contributed by atoms with Crippen LogP contribution in [0.4, 0.5) is 4.39 Å². The maximum absolute atomic E-state index is 13.8. The molecule has 1 saturated heterocycles. The van der Waals surface area contributed by atoms with Gasteiger partial charge in [-0.1, -0.05) is 6.92 Å². The molecule has 2 rings (SSSR count). The first kappa shape index (κ1) is 14.0. The number of hydrogen-bond donors (Lipinski definition) is 0. The zero-order valence-corrected chi connectivity index (χ0v) is 11.7. The van der Waals surface area contributed by atoms with E-state index in [1.165, 1.54) is 12.1 Å². The summed E-state index contributed by atoms with van der Waals surface area (Å²) >= 11 is 0. The molecular weight excluding hydrogens is 241 g/mol. The molecule has 0 aromatic heterocycles. The Morgan fingerprint density at radius 1 is 1.42 bits per heavy atom. The molecule has 0 amide bonds. The summed E-state index contributed by atoms with van der Waals surface area (Å²) in [7, 11) is 4.17. The molecule has 0 N–H and O–H groups in total. The van der Waals surface area contributed by atoms with Crippen molar-refractivity contribution in [3.05, 3.63) is 35.1 Å². The van der Waals surface area contributed by atoms with E-state index in [4.69, 9.17) is 5.26 Å². The van der Waals surface area contributed by atoms with Gasteiger partial charge in [-0.05, 0) is 38.2 Å². The van der Waals surface area contributed by atoms with Crippen LogP contribution in [0.15, 0.2) is 18.2 Å². The van der Waals surface area contributed by atoms with Gasteiger partial charge >= 0.3 is 0 Å². The van der Waals surface area contributed by atoms with E-state index in [9.17, 15) is 4.39 Å². The van der Waals surface area contributed by atoms with E-state index in [1.54, 1.807) is 6.07 Å². The van der Waals surface area contributed by atoms with Crippen LogP contribution >= 0.6 is 0 Å². The SMILES string of the molecule is CC1CN(Cc2cc(C#N)ccc2F)CC1N(C)C. The van der Waals surface area contributed by atoms with Crippen LogP contribution in [0.5, 0.6) is 0 Å². The second kappa shape index (κ2) is 5.68. The number of benzene rings is 1. The Bertz CT molecular complexity index is 493. The van der Waals surface area contributed by atoms with Gasteiger partial charge in [-0.2, -0.15) is 5.26 Å². The minimum Gasteiger partial charge on any atom is -0.305 e. The van der Waals surface area contributed by atoms with Crippen molar-refractivity contribution in [3.8, 4) is 6.07 Å². The van der Waals surface area contributed by atoms with Gasteiger partial charge in [0.2, 0.25) is 0 Å². The van der Waals surface area contributed by atoms with E-state index in [0.717, 1.165) is 13.1 Å². The van der Waals surface area contributed by atoms with Crippen LogP contribution in [0, 0.1) is 23.1 Å². The average molecular weight is 261 g/mol. The molecule has 2 atom stereocenters. The largest absolute Gasteiger partial charge is 0.305 e. The summed E-state index contributed by atoms with van der Waals surface area (Å²) in [6, 6.07) is 7.14. The number of likely N-dealkylation sites (N-methyl/N-ethyl adjacent to an activating group) is 1. The molecule has 102 valence electrons. The monoisotopic (exact) mass is 261 g/mol. The third-order valence-corrected chi connectivity index (χ3v) is 3.88. The van der Waals surface area contributed by atoms with Crippen molar-refractivity contribution >= 4 is 0 Å². The summed E-state index contributed by atoms with van der Waals surface area (Å²) in [6.45, 7) is 4.73. The molecule has 0 saturated carbocycles. The van der Waals surface area contributed by atoms with Gasteiger partial charge in [-0.25, -0.2) is 4.39 Å². The highest BCUT2D eigenvalue weighted by Crippen LogP contribution is 2.23. The Hall–Kier alpha value is -1.44. The average Bonchev–Trinajstić information content (AvgIpc) is 2.73. The molecule has 1 heterocycles. The lowest BCUT2D eigenvalue weighted by molar-refractivity contribution is 0.249. The lowest BCUT2D eigenvalue weighted by atomic mass is 10.1. The van der Waals surface area contributed by atoms with Crippen LogP contribution < -0.4 is 0 Å². The number of hydrogen-bond acceptors (Lipinski definition) is 3. The molecule has 1 aromatic rings. The lowest BCUT2D eigenvalue weighted by Crippen LogP contribution is -2.34. The highest BCUT2D eigenvalue weighted by Gasteiger charge is 2.31. The fraction of sp³-hybridized carbons (Fsp3) is 0.533. The van der Waals surface area contributed by atoms with Crippen LogP contribution in [-0.2, 0) is 6.54 Å². The van der Waals surface area contributed by atoms with E-state index < -0.39 is 0 Å². The third kappa shape index (κ3) is 3.12. The van der Waals surface area contributed by atoms with Gasteiger partial charge in [0.1, 0.15) is 5.82 Å². The van der Waals surface area contributed by atoms with Crippen LogP contribution in [0.25, 0.3) is 0 Å². The molecule has 1 fully saturated rings. The van der Waals surface area contributed by atoms with Crippen molar-refractivity contribution < 1.29 is 4.39 Å².